The van der Waals surface area contributed by atoms with E-state index in [0.717, 1.165) is 18.2 Å². The lowest BCUT2D eigenvalue weighted by Crippen LogP contribution is -2.18. The molecule has 0 saturated heterocycles. The largest absolute Gasteiger partial charge is 0.476 e. The number of rotatable bonds is 8. The minimum atomic E-state index is -0.375. The van der Waals surface area contributed by atoms with Crippen LogP contribution in [0.15, 0.2) is 30.6 Å². The number of ether oxygens (including phenoxy) is 1. The number of carbonyl (C=O) groups excluding carboxylic acids is 2. The molecule has 0 spiro atoms. The van der Waals surface area contributed by atoms with Gasteiger partial charge >= 0.3 is 0 Å². The second-order valence-corrected chi connectivity index (χ2v) is 6.49. The van der Waals surface area contributed by atoms with Gasteiger partial charge in [-0.1, -0.05) is 0 Å². The van der Waals surface area contributed by atoms with Crippen LogP contribution in [0.1, 0.15) is 30.5 Å². The summed E-state index contributed by atoms with van der Waals surface area (Å²) in [6.45, 7) is 2.72. The van der Waals surface area contributed by atoms with E-state index in [1.54, 1.807) is 12.4 Å². The van der Waals surface area contributed by atoms with Crippen LogP contribution in [-0.2, 0) is 16.0 Å². The van der Waals surface area contributed by atoms with E-state index in [1.165, 1.54) is 38.1 Å². The SMILES string of the molecule is CNC(=O)CCc1cc(NC=O)ccc1F.Cc1cnc(OCC2CC2)cn1. The van der Waals surface area contributed by atoms with Gasteiger partial charge in [0.1, 0.15) is 5.82 Å². The highest BCUT2D eigenvalue weighted by Crippen LogP contribution is 2.29. The molecule has 0 unspecified atom stereocenters. The van der Waals surface area contributed by atoms with Crippen LogP contribution in [0.25, 0.3) is 0 Å². The third-order valence-electron chi connectivity index (χ3n) is 4.09. The first-order valence-corrected chi connectivity index (χ1v) is 9.12. The molecule has 1 aromatic carbocycles. The van der Waals surface area contributed by atoms with E-state index in [1.807, 2.05) is 6.92 Å². The first-order chi connectivity index (χ1) is 13.5. The summed E-state index contributed by atoms with van der Waals surface area (Å²) in [6, 6.07) is 4.25. The Bertz CT molecular complexity index is 780. The fourth-order valence-corrected chi connectivity index (χ4v) is 2.24. The maximum Gasteiger partial charge on any atom is 0.232 e. The molecule has 8 heteroatoms. The van der Waals surface area contributed by atoms with E-state index in [0.29, 0.717) is 30.0 Å². The molecule has 0 radical (unpaired) electrons. The number of amides is 2. The van der Waals surface area contributed by atoms with E-state index in [2.05, 4.69) is 20.6 Å². The summed E-state index contributed by atoms with van der Waals surface area (Å²) >= 11 is 0. The summed E-state index contributed by atoms with van der Waals surface area (Å²) in [6.07, 6.45) is 7.06. The second kappa shape index (κ2) is 11.0. The van der Waals surface area contributed by atoms with Crippen LogP contribution in [0.3, 0.4) is 0 Å². The molecule has 0 atom stereocenters. The molecule has 0 bridgehead atoms. The van der Waals surface area contributed by atoms with Crippen molar-refractivity contribution in [1.82, 2.24) is 15.3 Å². The van der Waals surface area contributed by atoms with Crippen molar-refractivity contribution in [3.05, 3.63) is 47.7 Å². The van der Waals surface area contributed by atoms with Gasteiger partial charge in [-0.25, -0.2) is 9.37 Å². The van der Waals surface area contributed by atoms with Crippen LogP contribution in [0.4, 0.5) is 10.1 Å². The summed E-state index contributed by atoms with van der Waals surface area (Å²) < 4.78 is 18.7. The van der Waals surface area contributed by atoms with E-state index in [-0.39, 0.29) is 18.1 Å². The molecule has 7 nitrogen and oxygen atoms in total. The van der Waals surface area contributed by atoms with Gasteiger partial charge in [0.25, 0.3) is 0 Å². The molecule has 1 saturated carbocycles. The molecule has 2 amide bonds. The summed E-state index contributed by atoms with van der Waals surface area (Å²) in [5.41, 5.74) is 1.85. The van der Waals surface area contributed by atoms with Gasteiger partial charge in [0, 0.05) is 19.2 Å². The number of nitrogens with one attached hydrogen (secondary N) is 2. The lowest BCUT2D eigenvalue weighted by Gasteiger charge is -2.05. The topological polar surface area (TPSA) is 93.2 Å². The molecule has 0 aliphatic heterocycles. The molecule has 28 heavy (non-hydrogen) atoms. The number of benzene rings is 1. The molecule has 1 aliphatic carbocycles. The van der Waals surface area contributed by atoms with Crippen molar-refractivity contribution >= 4 is 18.0 Å². The number of hydrogen-bond donors (Lipinski definition) is 2. The molecule has 1 aromatic heterocycles. The zero-order chi connectivity index (χ0) is 20.4. The molecule has 3 rings (SSSR count). The first kappa shape index (κ1) is 21.3. The maximum atomic E-state index is 13.3. The zero-order valence-electron chi connectivity index (χ0n) is 16.1. The molecule has 1 aliphatic rings. The van der Waals surface area contributed by atoms with Crippen molar-refractivity contribution in [1.29, 1.82) is 0 Å². The minimum Gasteiger partial charge on any atom is -0.476 e. The highest BCUT2D eigenvalue weighted by atomic mass is 19.1. The highest BCUT2D eigenvalue weighted by Gasteiger charge is 2.22. The lowest BCUT2D eigenvalue weighted by molar-refractivity contribution is -0.120. The Balaban J connectivity index is 0.000000207. The van der Waals surface area contributed by atoms with Gasteiger partial charge in [0.2, 0.25) is 18.2 Å². The Morgan fingerprint density at radius 1 is 1.32 bits per heavy atom. The van der Waals surface area contributed by atoms with Crippen molar-refractivity contribution < 1.29 is 18.7 Å². The van der Waals surface area contributed by atoms with Crippen LogP contribution in [0, 0.1) is 18.7 Å². The van der Waals surface area contributed by atoms with Gasteiger partial charge in [0.15, 0.2) is 0 Å². The molecule has 1 fully saturated rings. The maximum absolute atomic E-state index is 13.3. The molecular formula is C20H25FN4O3. The number of carbonyl (C=O) groups is 2. The number of nitrogens with zero attached hydrogens (tertiary/aromatic N) is 2. The fraction of sp³-hybridized carbons (Fsp3) is 0.400. The quantitative estimate of drug-likeness (QED) is 0.678. The Morgan fingerprint density at radius 3 is 2.71 bits per heavy atom. The van der Waals surface area contributed by atoms with Gasteiger partial charge in [-0.3, -0.25) is 14.6 Å². The Labute approximate surface area is 163 Å². The molecular weight excluding hydrogens is 363 g/mol. The van der Waals surface area contributed by atoms with Crippen molar-refractivity contribution in [2.75, 3.05) is 19.0 Å². The molecule has 150 valence electrons. The molecule has 2 N–H and O–H groups in total. The third kappa shape index (κ3) is 7.69. The first-order valence-electron chi connectivity index (χ1n) is 9.12. The van der Waals surface area contributed by atoms with Gasteiger partial charge < -0.3 is 15.4 Å². The van der Waals surface area contributed by atoms with Crippen molar-refractivity contribution in [3.8, 4) is 5.88 Å². The van der Waals surface area contributed by atoms with E-state index in [9.17, 15) is 14.0 Å². The van der Waals surface area contributed by atoms with Crippen LogP contribution >= 0.6 is 0 Å². The summed E-state index contributed by atoms with van der Waals surface area (Å²) in [4.78, 5) is 29.4. The average Bonchev–Trinajstić information content (AvgIpc) is 3.53. The van der Waals surface area contributed by atoms with Crippen LogP contribution < -0.4 is 15.4 Å². The third-order valence-corrected chi connectivity index (χ3v) is 4.09. The van der Waals surface area contributed by atoms with E-state index < -0.39 is 0 Å². The summed E-state index contributed by atoms with van der Waals surface area (Å²) in [7, 11) is 1.53. The van der Waals surface area contributed by atoms with Crippen LogP contribution in [-0.4, -0.2) is 35.9 Å². The number of aromatic nitrogens is 2. The smallest absolute Gasteiger partial charge is 0.232 e. The standard InChI is InChI=1S/C11H13FN2O2.C9H12N2O/c1-13-11(16)5-2-8-6-9(14-7-15)3-4-10(8)12;1-7-4-11-9(5-10-7)12-6-8-2-3-8/h3-4,6-7H,2,5H2,1H3,(H,13,16)(H,14,15);4-5,8H,2-3,6H2,1H3. The van der Waals surface area contributed by atoms with Crippen molar-refractivity contribution in [2.24, 2.45) is 5.92 Å². The van der Waals surface area contributed by atoms with Crippen molar-refractivity contribution in [2.45, 2.75) is 32.6 Å². The summed E-state index contributed by atoms with van der Waals surface area (Å²) in [5, 5.41) is 4.89. The average molecular weight is 388 g/mol. The molecule has 1 heterocycles. The number of halogens is 1. The lowest BCUT2D eigenvalue weighted by atomic mass is 10.1. The van der Waals surface area contributed by atoms with Crippen molar-refractivity contribution in [3.63, 3.8) is 0 Å². The number of hydrogen-bond acceptors (Lipinski definition) is 5. The van der Waals surface area contributed by atoms with E-state index in [4.69, 9.17) is 4.74 Å². The Hall–Kier alpha value is -3.03. The zero-order valence-corrected chi connectivity index (χ0v) is 16.1. The van der Waals surface area contributed by atoms with Gasteiger partial charge in [-0.05, 0) is 55.9 Å². The highest BCUT2D eigenvalue weighted by molar-refractivity contribution is 5.76. The number of anilines is 1. The second-order valence-electron chi connectivity index (χ2n) is 6.49. The normalized spacial score (nSPS) is 12.4. The van der Waals surface area contributed by atoms with Crippen LogP contribution in [0.2, 0.25) is 0 Å². The number of aryl methyl sites for hydroxylation is 2. The predicted octanol–water partition coefficient (Wildman–Crippen LogP) is 2.65. The molecule has 2 aromatic rings. The van der Waals surface area contributed by atoms with E-state index >= 15 is 0 Å². The predicted molar refractivity (Wildman–Crippen MR) is 103 cm³/mol. The van der Waals surface area contributed by atoms with Gasteiger partial charge in [-0.15, -0.1) is 0 Å². The fourth-order valence-electron chi connectivity index (χ4n) is 2.24. The Kier molecular flexibility index (Phi) is 8.33. The van der Waals surface area contributed by atoms with Gasteiger partial charge in [-0.2, -0.15) is 0 Å². The van der Waals surface area contributed by atoms with Gasteiger partial charge in [0.05, 0.1) is 24.7 Å². The Morgan fingerprint density at radius 2 is 2.11 bits per heavy atom. The van der Waals surface area contributed by atoms with Crippen LogP contribution in [0.5, 0.6) is 5.88 Å². The monoisotopic (exact) mass is 388 g/mol. The minimum absolute atomic E-state index is 0.145. The summed E-state index contributed by atoms with van der Waals surface area (Å²) in [5.74, 6) is 0.897.